The minimum Gasteiger partial charge on any atom is -0.363 e. The number of pyridine rings is 1. The standard InChI is InChI=1S/C25H27F2N5O2/c1-15(18-6-5-7-19(12-18)25(3,26)27)30-22-21-13-20(17-8-10-32(11-9-17)16(2)33)24(34)31(4)23(21)29-14-28-22/h5-8,12-15H,9-11H2,1-4H3,(H,28,29,30)/t15-/m1/s1. The van der Waals surface area contributed by atoms with Gasteiger partial charge in [0.2, 0.25) is 5.91 Å². The number of nitrogens with zero attached hydrogens (tertiary/aromatic N) is 4. The fourth-order valence-electron chi connectivity index (χ4n) is 4.18. The summed E-state index contributed by atoms with van der Waals surface area (Å²) in [6, 6.07) is 7.74. The third-order valence-electron chi connectivity index (χ3n) is 6.25. The molecular weight excluding hydrogens is 440 g/mol. The van der Waals surface area contributed by atoms with Gasteiger partial charge in [0.05, 0.1) is 5.39 Å². The summed E-state index contributed by atoms with van der Waals surface area (Å²) < 4.78 is 29.1. The first kappa shape index (κ1) is 23.5. The second-order valence-corrected chi connectivity index (χ2v) is 8.71. The zero-order chi connectivity index (χ0) is 24.6. The summed E-state index contributed by atoms with van der Waals surface area (Å²) in [6.07, 6.45) is 3.85. The molecular formula is C25H27F2N5O2. The second-order valence-electron chi connectivity index (χ2n) is 8.71. The molecule has 1 amide bonds. The van der Waals surface area contributed by atoms with Gasteiger partial charge in [-0.25, -0.2) is 18.7 Å². The lowest BCUT2D eigenvalue weighted by Gasteiger charge is -2.25. The molecule has 1 N–H and O–H groups in total. The Morgan fingerprint density at radius 1 is 1.24 bits per heavy atom. The number of halogens is 2. The van der Waals surface area contributed by atoms with Crippen molar-refractivity contribution in [3.05, 3.63) is 69.8 Å². The largest absolute Gasteiger partial charge is 0.363 e. The van der Waals surface area contributed by atoms with Crippen LogP contribution in [0.25, 0.3) is 16.6 Å². The number of hydrogen-bond donors (Lipinski definition) is 1. The number of rotatable bonds is 5. The zero-order valence-corrected chi connectivity index (χ0v) is 19.6. The number of alkyl halides is 2. The minimum absolute atomic E-state index is 0.000456. The summed E-state index contributed by atoms with van der Waals surface area (Å²) >= 11 is 0. The lowest BCUT2D eigenvalue weighted by atomic mass is 9.99. The Morgan fingerprint density at radius 3 is 2.65 bits per heavy atom. The molecule has 0 spiro atoms. The molecule has 0 aliphatic carbocycles. The van der Waals surface area contributed by atoms with Gasteiger partial charge >= 0.3 is 0 Å². The predicted molar refractivity (Wildman–Crippen MR) is 128 cm³/mol. The minimum atomic E-state index is -2.93. The molecule has 3 aromatic rings. The molecule has 0 unspecified atom stereocenters. The molecule has 9 heteroatoms. The molecule has 0 saturated heterocycles. The Bertz CT molecular complexity index is 1340. The number of benzene rings is 1. The van der Waals surface area contributed by atoms with Crippen molar-refractivity contribution in [3.8, 4) is 0 Å². The van der Waals surface area contributed by atoms with Gasteiger partial charge < -0.3 is 10.2 Å². The Labute approximate surface area is 196 Å². The van der Waals surface area contributed by atoms with Crippen molar-refractivity contribution in [1.82, 2.24) is 19.4 Å². The van der Waals surface area contributed by atoms with Crippen molar-refractivity contribution >= 4 is 28.3 Å². The number of hydrogen-bond acceptors (Lipinski definition) is 5. The van der Waals surface area contributed by atoms with Crippen LogP contribution in [-0.4, -0.2) is 38.4 Å². The highest BCUT2D eigenvalue weighted by Gasteiger charge is 2.25. The van der Waals surface area contributed by atoms with E-state index in [0.717, 1.165) is 12.5 Å². The summed E-state index contributed by atoms with van der Waals surface area (Å²) in [5, 5.41) is 3.95. The van der Waals surface area contributed by atoms with E-state index in [1.807, 2.05) is 13.0 Å². The van der Waals surface area contributed by atoms with Crippen molar-refractivity contribution in [3.63, 3.8) is 0 Å². The quantitative estimate of drug-likeness (QED) is 0.607. The molecule has 1 atom stereocenters. The van der Waals surface area contributed by atoms with E-state index in [4.69, 9.17) is 0 Å². The van der Waals surface area contributed by atoms with Crippen LogP contribution in [0.1, 0.15) is 49.9 Å². The van der Waals surface area contributed by atoms with Crippen LogP contribution in [0.2, 0.25) is 0 Å². The molecule has 0 saturated carbocycles. The number of nitrogens with one attached hydrogen (secondary N) is 1. The average molecular weight is 468 g/mol. The van der Waals surface area contributed by atoms with E-state index in [1.165, 1.54) is 30.0 Å². The lowest BCUT2D eigenvalue weighted by molar-refractivity contribution is -0.128. The summed E-state index contributed by atoms with van der Waals surface area (Å²) in [6.45, 7) is 5.27. The predicted octanol–water partition coefficient (Wildman–Crippen LogP) is 4.25. The van der Waals surface area contributed by atoms with Crippen LogP contribution in [0.4, 0.5) is 14.6 Å². The first-order chi connectivity index (χ1) is 16.1. The summed E-state index contributed by atoms with van der Waals surface area (Å²) in [4.78, 5) is 35.1. The van der Waals surface area contributed by atoms with Crippen molar-refractivity contribution in [2.24, 2.45) is 7.05 Å². The van der Waals surface area contributed by atoms with Crippen LogP contribution >= 0.6 is 0 Å². The Hall–Kier alpha value is -3.62. The summed E-state index contributed by atoms with van der Waals surface area (Å²) in [7, 11) is 1.66. The van der Waals surface area contributed by atoms with Gasteiger partial charge in [-0.15, -0.1) is 0 Å². The highest BCUT2D eigenvalue weighted by atomic mass is 19.3. The normalized spacial score (nSPS) is 15.2. The van der Waals surface area contributed by atoms with Gasteiger partial charge in [-0.3, -0.25) is 14.2 Å². The highest BCUT2D eigenvalue weighted by molar-refractivity contribution is 5.89. The maximum absolute atomic E-state index is 13.8. The fourth-order valence-corrected chi connectivity index (χ4v) is 4.18. The molecule has 2 aromatic heterocycles. The van der Waals surface area contributed by atoms with Gasteiger partial charge in [0, 0.05) is 51.2 Å². The van der Waals surface area contributed by atoms with E-state index in [0.29, 0.717) is 47.5 Å². The molecule has 1 aliphatic heterocycles. The van der Waals surface area contributed by atoms with Gasteiger partial charge in [0.25, 0.3) is 11.5 Å². The Balaban J connectivity index is 1.72. The molecule has 7 nitrogen and oxygen atoms in total. The topological polar surface area (TPSA) is 80.1 Å². The third-order valence-corrected chi connectivity index (χ3v) is 6.25. The monoisotopic (exact) mass is 467 g/mol. The van der Waals surface area contributed by atoms with E-state index in [2.05, 4.69) is 15.3 Å². The maximum Gasteiger partial charge on any atom is 0.270 e. The third kappa shape index (κ3) is 4.55. The van der Waals surface area contributed by atoms with Crippen molar-refractivity contribution < 1.29 is 13.6 Å². The molecule has 4 rings (SSSR count). The fraction of sp³-hybridized carbons (Fsp3) is 0.360. The average Bonchev–Trinajstić information content (AvgIpc) is 2.81. The number of amides is 1. The molecule has 34 heavy (non-hydrogen) atoms. The van der Waals surface area contributed by atoms with Gasteiger partial charge in [-0.05, 0) is 36.6 Å². The van der Waals surface area contributed by atoms with Crippen LogP contribution in [0.3, 0.4) is 0 Å². The van der Waals surface area contributed by atoms with Crippen molar-refractivity contribution in [2.75, 3.05) is 18.4 Å². The van der Waals surface area contributed by atoms with Gasteiger partial charge in [0.15, 0.2) is 0 Å². The maximum atomic E-state index is 13.8. The van der Waals surface area contributed by atoms with Crippen molar-refractivity contribution in [2.45, 2.75) is 39.2 Å². The van der Waals surface area contributed by atoms with Crippen LogP contribution in [-0.2, 0) is 17.8 Å². The summed E-state index contributed by atoms with van der Waals surface area (Å²) in [5.74, 6) is -2.43. The second kappa shape index (κ2) is 8.96. The van der Waals surface area contributed by atoms with Crippen LogP contribution in [0.5, 0.6) is 0 Å². The van der Waals surface area contributed by atoms with E-state index < -0.39 is 5.92 Å². The zero-order valence-electron chi connectivity index (χ0n) is 19.6. The number of fused-ring (bicyclic) bond motifs is 1. The first-order valence-corrected chi connectivity index (χ1v) is 11.1. The Kier molecular flexibility index (Phi) is 6.20. The molecule has 3 heterocycles. The molecule has 1 aliphatic rings. The number of carbonyl (C=O) groups excluding carboxylic acids is 1. The van der Waals surface area contributed by atoms with Crippen LogP contribution in [0, 0.1) is 0 Å². The number of aromatic nitrogens is 3. The molecule has 0 fully saturated rings. The molecule has 0 bridgehead atoms. The van der Waals surface area contributed by atoms with E-state index >= 15 is 0 Å². The van der Waals surface area contributed by atoms with E-state index in [9.17, 15) is 18.4 Å². The molecule has 178 valence electrons. The SMILES string of the molecule is CC(=O)N1CC=C(c2cc3c(N[C@H](C)c4cccc(C(C)(F)F)c4)ncnc3n(C)c2=O)CC1. The highest BCUT2D eigenvalue weighted by Crippen LogP contribution is 2.31. The van der Waals surface area contributed by atoms with Crippen molar-refractivity contribution in [1.29, 1.82) is 0 Å². The van der Waals surface area contributed by atoms with Gasteiger partial charge in [-0.2, -0.15) is 0 Å². The Morgan fingerprint density at radius 2 is 2.00 bits per heavy atom. The van der Waals surface area contributed by atoms with E-state index in [1.54, 1.807) is 30.1 Å². The van der Waals surface area contributed by atoms with Crippen LogP contribution in [0.15, 0.2) is 47.5 Å². The molecule has 1 aromatic carbocycles. The first-order valence-electron chi connectivity index (χ1n) is 11.1. The summed E-state index contributed by atoms with van der Waals surface area (Å²) in [5.41, 5.74) is 2.34. The number of anilines is 1. The van der Waals surface area contributed by atoms with Gasteiger partial charge in [-0.1, -0.05) is 24.3 Å². The lowest BCUT2D eigenvalue weighted by Crippen LogP contribution is -2.33. The molecule has 0 radical (unpaired) electrons. The number of carbonyl (C=O) groups is 1. The van der Waals surface area contributed by atoms with Crippen LogP contribution < -0.4 is 10.9 Å². The van der Waals surface area contributed by atoms with Gasteiger partial charge in [0.1, 0.15) is 17.8 Å². The smallest absolute Gasteiger partial charge is 0.270 e. The van der Waals surface area contributed by atoms with E-state index in [-0.39, 0.29) is 23.1 Å². The number of aryl methyl sites for hydroxylation is 1.